The second-order valence-electron chi connectivity index (χ2n) is 4.25. The van der Waals surface area contributed by atoms with E-state index in [0.29, 0.717) is 31.9 Å². The number of alkyl halides is 2. The van der Waals surface area contributed by atoms with Crippen molar-refractivity contribution in [1.29, 1.82) is 5.26 Å². The minimum atomic E-state index is -0.505. The predicted octanol–water partition coefficient (Wildman–Crippen LogP) is -0.276. The third-order valence-corrected chi connectivity index (χ3v) is 5.33. The number of benzene rings is 2. The van der Waals surface area contributed by atoms with Crippen molar-refractivity contribution in [3.05, 3.63) is 57.2 Å². The van der Waals surface area contributed by atoms with Gasteiger partial charge in [-0.3, -0.25) is 0 Å². The Bertz CT molecular complexity index is 744. The molecule has 0 spiro atoms. The maximum atomic E-state index is 11.3. The van der Waals surface area contributed by atoms with Crippen LogP contribution in [-0.2, 0) is 0 Å². The quantitative estimate of drug-likeness (QED) is 0.391. The molecular formula is C16H13I2N2O3-. The van der Waals surface area contributed by atoms with E-state index in [1.807, 2.05) is 12.1 Å². The van der Waals surface area contributed by atoms with Gasteiger partial charge in [-0.25, -0.2) is 0 Å². The summed E-state index contributed by atoms with van der Waals surface area (Å²) in [6.45, 7) is 0. The number of amides is 1. The Balaban J connectivity index is 2.03. The molecule has 0 saturated heterocycles. The van der Waals surface area contributed by atoms with Crippen molar-refractivity contribution in [3.63, 3.8) is 0 Å². The summed E-state index contributed by atoms with van der Waals surface area (Å²) < 4.78 is 13.2. The topological polar surface area (TPSA) is 85.3 Å². The fourth-order valence-corrected chi connectivity index (χ4v) is 3.92. The first-order valence-corrected chi connectivity index (χ1v) is 10.6. The van der Waals surface area contributed by atoms with Crippen molar-refractivity contribution in [2.24, 2.45) is 5.73 Å². The first-order valence-electron chi connectivity index (χ1n) is 6.49. The summed E-state index contributed by atoms with van der Waals surface area (Å²) in [5.74, 6) is 0.587. The van der Waals surface area contributed by atoms with Crippen LogP contribution in [0.5, 0.6) is 11.5 Å². The van der Waals surface area contributed by atoms with Crippen molar-refractivity contribution in [2.45, 2.75) is 0 Å². The number of primary amides is 1. The molecule has 7 heteroatoms. The second-order valence-corrected chi connectivity index (χ2v) is 7.51. The Labute approximate surface area is 158 Å². The molecule has 2 N–H and O–H groups in total. The molecule has 2 rings (SSSR count). The third-order valence-electron chi connectivity index (χ3n) is 2.85. The number of carbonyl (C=O) groups is 1. The molecule has 5 nitrogen and oxygen atoms in total. The second kappa shape index (κ2) is 8.93. The van der Waals surface area contributed by atoms with Crippen LogP contribution < -0.4 is 36.4 Å². The van der Waals surface area contributed by atoms with Gasteiger partial charge >= 0.3 is 159 Å². The van der Waals surface area contributed by atoms with Gasteiger partial charge in [0.15, 0.2) is 0 Å². The van der Waals surface area contributed by atoms with Crippen LogP contribution in [0, 0.1) is 14.9 Å². The van der Waals surface area contributed by atoms with E-state index < -0.39 is 27.1 Å². The van der Waals surface area contributed by atoms with Gasteiger partial charge < -0.3 is 0 Å². The van der Waals surface area contributed by atoms with E-state index in [4.69, 9.17) is 20.5 Å². The van der Waals surface area contributed by atoms with Crippen molar-refractivity contribution >= 4 is 28.5 Å². The fourth-order valence-electron chi connectivity index (χ4n) is 1.79. The molecule has 0 fully saturated rings. The molecule has 23 heavy (non-hydrogen) atoms. The summed E-state index contributed by atoms with van der Waals surface area (Å²) in [6, 6.07) is 14.6. The van der Waals surface area contributed by atoms with E-state index in [9.17, 15) is 4.79 Å². The summed E-state index contributed by atoms with van der Waals surface area (Å²) >= 11 is 1.65. The summed E-state index contributed by atoms with van der Waals surface area (Å²) in [5.41, 5.74) is 6.23. The van der Waals surface area contributed by atoms with E-state index in [0.717, 1.165) is 3.57 Å². The molecule has 0 aliphatic heterocycles. The molecule has 0 aliphatic carbocycles. The molecule has 2 aromatic rings. The molecule has 0 aliphatic rings. The molecule has 0 radical (unpaired) electrons. The average molecular weight is 535 g/mol. The minimum absolute atomic E-state index is 0.380. The Morgan fingerprint density at radius 1 is 1.22 bits per heavy atom. The van der Waals surface area contributed by atoms with Gasteiger partial charge in [0.1, 0.15) is 0 Å². The fraction of sp³-hybridized carbons (Fsp3) is 0.125. The van der Waals surface area contributed by atoms with E-state index in [2.05, 4.69) is 28.7 Å². The van der Waals surface area contributed by atoms with Crippen LogP contribution in [0.25, 0.3) is 0 Å². The zero-order valence-corrected chi connectivity index (χ0v) is 16.3. The van der Waals surface area contributed by atoms with Gasteiger partial charge in [0.25, 0.3) is 0 Å². The van der Waals surface area contributed by atoms with Crippen LogP contribution in [0.2, 0.25) is 0 Å². The zero-order valence-electron chi connectivity index (χ0n) is 12.0. The number of ether oxygens (including phenoxy) is 2. The number of nitrogens with two attached hydrogens (primary N) is 1. The van der Waals surface area contributed by atoms with Crippen LogP contribution in [0.3, 0.4) is 0 Å². The van der Waals surface area contributed by atoms with Gasteiger partial charge in [0.05, 0.1) is 0 Å². The Hall–Kier alpha value is -1.54. The van der Waals surface area contributed by atoms with Gasteiger partial charge in [-0.15, -0.1) is 0 Å². The zero-order chi connectivity index (χ0) is 16.7. The van der Waals surface area contributed by atoms with Gasteiger partial charge in [0, 0.05) is 0 Å². The SMILES string of the molecule is N#Cc1ccc([I-]COc2ccccc2C(N)=O)cc1OCI. The molecule has 0 heterocycles. The molecule has 1 amide bonds. The van der Waals surface area contributed by atoms with Crippen molar-refractivity contribution < 1.29 is 35.5 Å². The van der Waals surface area contributed by atoms with E-state index in [1.165, 1.54) is 0 Å². The molecule has 2 aromatic carbocycles. The van der Waals surface area contributed by atoms with Crippen molar-refractivity contribution in [1.82, 2.24) is 0 Å². The first-order chi connectivity index (χ1) is 11.2. The molecule has 0 unspecified atom stereocenters. The third kappa shape index (κ3) is 4.97. The number of para-hydroxylation sites is 1. The van der Waals surface area contributed by atoms with Gasteiger partial charge in [-0.05, 0) is 0 Å². The normalized spacial score (nSPS) is 10.1. The standard InChI is InChI=1S/C16H13I2N2O3/c17-9-22-15-7-12(6-5-11(15)8-19)18-10-23-14-4-2-1-3-13(14)16(20)21/h1-7H,9-10H2,(H2,20,21)/q-1. The Morgan fingerprint density at radius 3 is 2.70 bits per heavy atom. The van der Waals surface area contributed by atoms with Crippen LogP contribution in [-0.4, -0.2) is 15.1 Å². The number of rotatable bonds is 7. The van der Waals surface area contributed by atoms with Crippen molar-refractivity contribution in [2.75, 3.05) is 9.23 Å². The monoisotopic (exact) mass is 535 g/mol. The molecule has 0 bridgehead atoms. The number of nitrogens with zero attached hydrogens (tertiary/aromatic N) is 1. The summed E-state index contributed by atoms with van der Waals surface area (Å²) in [7, 11) is 0. The maximum absolute atomic E-state index is 11.3. The molecule has 120 valence electrons. The summed E-state index contributed by atoms with van der Waals surface area (Å²) in [6.07, 6.45) is 0. The van der Waals surface area contributed by atoms with E-state index in [1.54, 1.807) is 30.3 Å². The average Bonchev–Trinajstić information content (AvgIpc) is 2.56. The number of hydrogen-bond acceptors (Lipinski definition) is 4. The molecule has 0 aromatic heterocycles. The van der Waals surface area contributed by atoms with E-state index >= 15 is 0 Å². The van der Waals surface area contributed by atoms with Crippen LogP contribution >= 0.6 is 22.6 Å². The number of hydrogen-bond donors (Lipinski definition) is 1. The van der Waals surface area contributed by atoms with Crippen molar-refractivity contribution in [3.8, 4) is 17.6 Å². The molecular weight excluding hydrogens is 522 g/mol. The molecule has 0 saturated carbocycles. The van der Waals surface area contributed by atoms with Crippen LogP contribution in [0.1, 0.15) is 15.9 Å². The van der Waals surface area contributed by atoms with Gasteiger partial charge in [-0.1, -0.05) is 0 Å². The number of nitriles is 1. The predicted molar refractivity (Wildman–Crippen MR) is 89.8 cm³/mol. The first kappa shape index (κ1) is 17.8. The van der Waals surface area contributed by atoms with Crippen LogP contribution in [0.15, 0.2) is 42.5 Å². The van der Waals surface area contributed by atoms with Crippen LogP contribution in [0.4, 0.5) is 0 Å². The van der Waals surface area contributed by atoms with Gasteiger partial charge in [-0.2, -0.15) is 0 Å². The Kier molecular flexibility index (Phi) is 6.91. The van der Waals surface area contributed by atoms with Gasteiger partial charge in [0.2, 0.25) is 0 Å². The molecule has 0 atom stereocenters. The Morgan fingerprint density at radius 2 is 2.00 bits per heavy atom. The van der Waals surface area contributed by atoms with E-state index in [-0.39, 0.29) is 0 Å². The number of carbonyl (C=O) groups excluding carboxylic acids is 1. The summed E-state index contributed by atoms with van der Waals surface area (Å²) in [4.78, 5) is 11.3. The summed E-state index contributed by atoms with van der Waals surface area (Å²) in [5, 5.41) is 9.05. The number of halogens is 2.